The average Bonchev–Trinajstić information content (AvgIpc) is 2.89. The smallest absolute Gasteiger partial charge is 0.190 e. The fourth-order valence-electron chi connectivity index (χ4n) is 2.97. The highest BCUT2D eigenvalue weighted by Gasteiger charge is 2.33. The number of hydrogen-bond acceptors (Lipinski definition) is 2. The summed E-state index contributed by atoms with van der Waals surface area (Å²) in [5, 5.41) is 6.81. The second-order valence-corrected chi connectivity index (χ2v) is 6.45. The lowest BCUT2D eigenvalue weighted by atomic mass is 9.89. The summed E-state index contributed by atoms with van der Waals surface area (Å²) >= 11 is 0. The molecule has 118 valence electrons. The van der Waals surface area contributed by atoms with E-state index in [0.29, 0.717) is 5.41 Å². The lowest BCUT2D eigenvalue weighted by Crippen LogP contribution is -2.51. The zero-order valence-corrected chi connectivity index (χ0v) is 15.2. The molecule has 1 saturated carbocycles. The Morgan fingerprint density at radius 2 is 1.95 bits per heavy atom. The van der Waals surface area contributed by atoms with E-state index in [1.807, 2.05) is 7.05 Å². The van der Waals surface area contributed by atoms with Gasteiger partial charge in [-0.15, -0.1) is 24.0 Å². The predicted molar refractivity (Wildman–Crippen MR) is 94.9 cm³/mol. The molecule has 0 radical (unpaired) electrons. The molecule has 2 N–H and O–H groups in total. The summed E-state index contributed by atoms with van der Waals surface area (Å²) in [6, 6.07) is 0. The highest BCUT2D eigenvalue weighted by atomic mass is 127. The van der Waals surface area contributed by atoms with Gasteiger partial charge in [-0.25, -0.2) is 0 Å². The van der Waals surface area contributed by atoms with E-state index in [1.54, 1.807) is 0 Å². The molecular formula is C15H30IN3O. The number of nitrogens with one attached hydrogen (secondary N) is 2. The molecule has 2 fully saturated rings. The number of rotatable bonds is 6. The maximum atomic E-state index is 5.26. The summed E-state index contributed by atoms with van der Waals surface area (Å²) in [4.78, 5) is 4.27. The van der Waals surface area contributed by atoms with Gasteiger partial charge in [-0.3, -0.25) is 4.99 Å². The molecule has 0 amide bonds. The zero-order chi connectivity index (χ0) is 13.6. The molecule has 0 aromatic rings. The van der Waals surface area contributed by atoms with E-state index in [-0.39, 0.29) is 24.0 Å². The monoisotopic (exact) mass is 395 g/mol. The van der Waals surface area contributed by atoms with Crippen LogP contribution in [0.2, 0.25) is 0 Å². The van der Waals surface area contributed by atoms with Crippen LogP contribution in [0.5, 0.6) is 0 Å². The van der Waals surface area contributed by atoms with Gasteiger partial charge in [0.1, 0.15) is 0 Å². The standard InChI is InChI=1S/C15H29N3O.HI/c1-15(11-19-12-15)10-18-14(16-2)17-9-5-8-13-6-3-4-7-13;/h13H,3-12H2,1-2H3,(H2,16,17,18);1H. The van der Waals surface area contributed by atoms with Crippen molar-refractivity contribution in [2.75, 3.05) is 33.4 Å². The van der Waals surface area contributed by atoms with Gasteiger partial charge in [0.25, 0.3) is 0 Å². The summed E-state index contributed by atoms with van der Waals surface area (Å²) in [5.41, 5.74) is 0.293. The van der Waals surface area contributed by atoms with Gasteiger partial charge in [-0.05, 0) is 18.8 Å². The Kier molecular flexibility index (Phi) is 8.17. The summed E-state index contributed by atoms with van der Waals surface area (Å²) in [6.07, 6.45) is 8.42. The molecular weight excluding hydrogens is 365 g/mol. The van der Waals surface area contributed by atoms with Crippen molar-refractivity contribution in [3.63, 3.8) is 0 Å². The Labute approximate surface area is 140 Å². The molecule has 5 heteroatoms. The number of ether oxygens (including phenoxy) is 1. The summed E-state index contributed by atoms with van der Waals surface area (Å²) in [7, 11) is 1.84. The minimum absolute atomic E-state index is 0. The normalized spacial score (nSPS) is 22.0. The first-order valence-electron chi connectivity index (χ1n) is 7.74. The number of aliphatic imine (C=N–C) groups is 1. The van der Waals surface area contributed by atoms with Crippen molar-refractivity contribution in [2.45, 2.75) is 45.4 Å². The van der Waals surface area contributed by atoms with Crippen molar-refractivity contribution in [3.05, 3.63) is 0 Å². The molecule has 0 bridgehead atoms. The Morgan fingerprint density at radius 1 is 1.25 bits per heavy atom. The molecule has 0 spiro atoms. The third-order valence-electron chi connectivity index (χ3n) is 4.36. The molecule has 0 aromatic carbocycles. The van der Waals surface area contributed by atoms with E-state index in [9.17, 15) is 0 Å². The first-order valence-corrected chi connectivity index (χ1v) is 7.74. The second-order valence-electron chi connectivity index (χ2n) is 6.45. The van der Waals surface area contributed by atoms with Gasteiger partial charge < -0.3 is 15.4 Å². The maximum absolute atomic E-state index is 5.26. The number of halogens is 1. The molecule has 4 nitrogen and oxygen atoms in total. The summed E-state index contributed by atoms with van der Waals surface area (Å²) < 4.78 is 5.26. The van der Waals surface area contributed by atoms with Crippen LogP contribution in [0.15, 0.2) is 4.99 Å². The van der Waals surface area contributed by atoms with Crippen LogP contribution in [0.4, 0.5) is 0 Å². The molecule has 2 aliphatic rings. The van der Waals surface area contributed by atoms with Crippen molar-refractivity contribution < 1.29 is 4.74 Å². The topological polar surface area (TPSA) is 45.7 Å². The van der Waals surface area contributed by atoms with Crippen LogP contribution in [0.1, 0.15) is 45.4 Å². The average molecular weight is 395 g/mol. The molecule has 0 atom stereocenters. The molecule has 1 aliphatic carbocycles. The van der Waals surface area contributed by atoms with Gasteiger partial charge in [-0.1, -0.05) is 32.6 Å². The van der Waals surface area contributed by atoms with E-state index >= 15 is 0 Å². The lowest BCUT2D eigenvalue weighted by Gasteiger charge is -2.38. The van der Waals surface area contributed by atoms with Crippen molar-refractivity contribution in [1.29, 1.82) is 0 Å². The third kappa shape index (κ3) is 5.76. The van der Waals surface area contributed by atoms with E-state index in [2.05, 4.69) is 22.5 Å². The van der Waals surface area contributed by atoms with Crippen LogP contribution >= 0.6 is 24.0 Å². The molecule has 1 aliphatic heterocycles. The van der Waals surface area contributed by atoms with Crippen LogP contribution < -0.4 is 10.6 Å². The minimum atomic E-state index is 0. The summed E-state index contributed by atoms with van der Waals surface area (Å²) in [6.45, 7) is 5.94. The number of guanidine groups is 1. The largest absolute Gasteiger partial charge is 0.380 e. The van der Waals surface area contributed by atoms with E-state index in [4.69, 9.17) is 4.74 Å². The van der Waals surface area contributed by atoms with Gasteiger partial charge in [0.2, 0.25) is 0 Å². The molecule has 1 heterocycles. The predicted octanol–water partition coefficient (Wildman–Crippen LogP) is 2.78. The fraction of sp³-hybridized carbons (Fsp3) is 0.933. The quantitative estimate of drug-likeness (QED) is 0.315. The van der Waals surface area contributed by atoms with E-state index in [0.717, 1.165) is 38.2 Å². The van der Waals surface area contributed by atoms with Gasteiger partial charge in [0.05, 0.1) is 13.2 Å². The Bertz CT molecular complexity index is 299. The molecule has 2 rings (SSSR count). The van der Waals surface area contributed by atoms with Crippen LogP contribution in [0.3, 0.4) is 0 Å². The van der Waals surface area contributed by atoms with E-state index in [1.165, 1.54) is 38.5 Å². The van der Waals surface area contributed by atoms with Crippen LogP contribution in [-0.4, -0.2) is 39.3 Å². The highest BCUT2D eigenvalue weighted by molar-refractivity contribution is 14.0. The highest BCUT2D eigenvalue weighted by Crippen LogP contribution is 2.28. The van der Waals surface area contributed by atoms with Crippen LogP contribution in [0, 0.1) is 11.3 Å². The Hall–Kier alpha value is -0.0400. The Balaban J connectivity index is 0.00000200. The van der Waals surface area contributed by atoms with E-state index < -0.39 is 0 Å². The first-order chi connectivity index (χ1) is 9.22. The lowest BCUT2D eigenvalue weighted by molar-refractivity contribution is -0.0971. The van der Waals surface area contributed by atoms with Crippen molar-refractivity contribution in [1.82, 2.24) is 10.6 Å². The van der Waals surface area contributed by atoms with Gasteiger partial charge in [0, 0.05) is 25.6 Å². The van der Waals surface area contributed by atoms with Crippen molar-refractivity contribution in [2.24, 2.45) is 16.3 Å². The maximum Gasteiger partial charge on any atom is 0.190 e. The molecule has 0 unspecified atom stereocenters. The minimum Gasteiger partial charge on any atom is -0.380 e. The number of nitrogens with zero attached hydrogens (tertiary/aromatic N) is 1. The SMILES string of the molecule is CN=C(NCCCC1CCCC1)NCC1(C)COC1.I. The van der Waals surface area contributed by atoms with Crippen LogP contribution in [0.25, 0.3) is 0 Å². The van der Waals surface area contributed by atoms with Gasteiger partial charge >= 0.3 is 0 Å². The zero-order valence-electron chi connectivity index (χ0n) is 12.9. The molecule has 1 saturated heterocycles. The summed E-state index contributed by atoms with van der Waals surface area (Å²) in [5.74, 6) is 1.92. The fourth-order valence-corrected chi connectivity index (χ4v) is 2.97. The number of hydrogen-bond donors (Lipinski definition) is 2. The van der Waals surface area contributed by atoms with Crippen molar-refractivity contribution in [3.8, 4) is 0 Å². The van der Waals surface area contributed by atoms with Crippen LogP contribution in [-0.2, 0) is 4.74 Å². The second kappa shape index (κ2) is 9.07. The third-order valence-corrected chi connectivity index (χ3v) is 4.36. The molecule has 0 aromatic heterocycles. The van der Waals surface area contributed by atoms with Gasteiger partial charge in [0.15, 0.2) is 5.96 Å². The van der Waals surface area contributed by atoms with Gasteiger partial charge in [-0.2, -0.15) is 0 Å². The Morgan fingerprint density at radius 3 is 2.50 bits per heavy atom. The molecule has 20 heavy (non-hydrogen) atoms. The first kappa shape index (κ1) is 18.0. The van der Waals surface area contributed by atoms with Crippen molar-refractivity contribution >= 4 is 29.9 Å².